The van der Waals surface area contributed by atoms with Gasteiger partial charge in [-0.25, -0.2) is 0 Å². The molecule has 0 aromatic heterocycles. The van der Waals surface area contributed by atoms with E-state index in [-0.39, 0.29) is 0 Å². The van der Waals surface area contributed by atoms with E-state index >= 15 is 0 Å². The summed E-state index contributed by atoms with van der Waals surface area (Å²) in [6.45, 7) is 0.560. The molecule has 0 heterocycles. The number of hydrogen-bond donors (Lipinski definition) is 0. The van der Waals surface area contributed by atoms with Gasteiger partial charge in [0, 0.05) is 11.6 Å². The van der Waals surface area contributed by atoms with Crippen molar-refractivity contribution in [2.45, 2.75) is 31.7 Å². The summed E-state index contributed by atoms with van der Waals surface area (Å²) in [5.41, 5.74) is 5.15. The third-order valence-corrected chi connectivity index (χ3v) is 4.26. The Hall–Kier alpha value is -1.67. The van der Waals surface area contributed by atoms with Crippen LogP contribution in [0.25, 0.3) is 0 Å². The smallest absolute Gasteiger partial charge is 0.127 e. The predicted octanol–water partition coefficient (Wildman–Crippen LogP) is 4.50. The lowest BCUT2D eigenvalue weighted by Gasteiger charge is -2.12. The molecule has 0 atom stereocenters. The maximum absolute atomic E-state index is 5.97. The summed E-state index contributed by atoms with van der Waals surface area (Å²) in [6, 6.07) is 12.4. The quantitative estimate of drug-likeness (QED) is 0.757. The van der Waals surface area contributed by atoms with E-state index in [1.807, 2.05) is 18.2 Å². The second-order valence-electron chi connectivity index (χ2n) is 5.35. The summed E-state index contributed by atoms with van der Waals surface area (Å²) in [4.78, 5) is 0. The lowest BCUT2D eigenvalue weighted by atomic mass is 10.1. The Labute approximate surface area is 130 Å². The van der Waals surface area contributed by atoms with Gasteiger partial charge in [-0.2, -0.15) is 0 Å². The highest BCUT2D eigenvalue weighted by molar-refractivity contribution is 6.17. The van der Waals surface area contributed by atoms with Gasteiger partial charge in [0.05, 0.1) is 13.0 Å². The van der Waals surface area contributed by atoms with E-state index in [0.717, 1.165) is 17.1 Å². The fourth-order valence-electron chi connectivity index (χ4n) is 2.78. The van der Waals surface area contributed by atoms with Crippen LogP contribution in [0.15, 0.2) is 36.4 Å². The van der Waals surface area contributed by atoms with Crippen molar-refractivity contribution in [1.29, 1.82) is 0 Å². The van der Waals surface area contributed by atoms with Crippen LogP contribution in [0.5, 0.6) is 11.5 Å². The zero-order valence-electron chi connectivity index (χ0n) is 12.2. The second kappa shape index (κ2) is 6.40. The number of hydrogen-bond acceptors (Lipinski definition) is 2. The summed E-state index contributed by atoms with van der Waals surface area (Å²) in [7, 11) is 1.65. The van der Waals surface area contributed by atoms with Gasteiger partial charge < -0.3 is 9.47 Å². The number of rotatable bonds is 5. The standard InChI is InChI=1S/C18H19ClO2/c1-20-17-8-7-16(11-19)18(10-17)21-12-13-5-6-14-3-2-4-15(14)9-13/h5-10H,2-4,11-12H2,1H3. The van der Waals surface area contributed by atoms with Crippen molar-refractivity contribution < 1.29 is 9.47 Å². The molecule has 3 heteroatoms. The lowest BCUT2D eigenvalue weighted by Crippen LogP contribution is -1.99. The average molecular weight is 303 g/mol. The lowest BCUT2D eigenvalue weighted by molar-refractivity contribution is 0.301. The van der Waals surface area contributed by atoms with E-state index in [4.69, 9.17) is 21.1 Å². The van der Waals surface area contributed by atoms with E-state index in [0.29, 0.717) is 12.5 Å². The van der Waals surface area contributed by atoms with Gasteiger partial charge in [-0.3, -0.25) is 0 Å². The van der Waals surface area contributed by atoms with Crippen LogP contribution >= 0.6 is 11.6 Å². The molecule has 0 radical (unpaired) electrons. The normalized spacial score (nSPS) is 13.0. The van der Waals surface area contributed by atoms with Crippen LogP contribution in [0.2, 0.25) is 0 Å². The molecule has 2 aromatic rings. The van der Waals surface area contributed by atoms with Crippen LogP contribution in [-0.2, 0) is 25.3 Å². The molecular formula is C18H19ClO2. The molecule has 0 amide bonds. The first-order chi connectivity index (χ1) is 10.3. The van der Waals surface area contributed by atoms with Crippen molar-refractivity contribution in [3.05, 3.63) is 58.7 Å². The number of aryl methyl sites for hydroxylation is 2. The molecule has 21 heavy (non-hydrogen) atoms. The maximum Gasteiger partial charge on any atom is 0.127 e. The highest BCUT2D eigenvalue weighted by Crippen LogP contribution is 2.28. The molecule has 0 unspecified atom stereocenters. The highest BCUT2D eigenvalue weighted by atomic mass is 35.5. The van der Waals surface area contributed by atoms with Gasteiger partial charge in [0.2, 0.25) is 0 Å². The van der Waals surface area contributed by atoms with E-state index in [2.05, 4.69) is 18.2 Å². The highest BCUT2D eigenvalue weighted by Gasteiger charge is 2.11. The van der Waals surface area contributed by atoms with Gasteiger partial charge in [-0.05, 0) is 42.0 Å². The van der Waals surface area contributed by atoms with Crippen molar-refractivity contribution >= 4 is 11.6 Å². The number of methoxy groups -OCH3 is 1. The van der Waals surface area contributed by atoms with Crippen LogP contribution in [0.4, 0.5) is 0 Å². The fourth-order valence-corrected chi connectivity index (χ4v) is 3.00. The zero-order valence-corrected chi connectivity index (χ0v) is 13.0. The molecule has 2 aromatic carbocycles. The first-order valence-corrected chi connectivity index (χ1v) is 7.80. The maximum atomic E-state index is 5.97. The minimum absolute atomic E-state index is 0.434. The molecule has 0 spiro atoms. The molecule has 0 aliphatic heterocycles. The summed E-state index contributed by atoms with van der Waals surface area (Å²) >= 11 is 5.97. The van der Waals surface area contributed by atoms with E-state index < -0.39 is 0 Å². The van der Waals surface area contributed by atoms with Crippen molar-refractivity contribution in [3.63, 3.8) is 0 Å². The summed E-state index contributed by atoms with van der Waals surface area (Å²) < 4.78 is 11.2. The number of ether oxygens (including phenoxy) is 2. The van der Waals surface area contributed by atoms with E-state index in [1.165, 1.54) is 36.0 Å². The minimum atomic E-state index is 0.434. The number of halogens is 1. The van der Waals surface area contributed by atoms with Crippen LogP contribution in [0.1, 0.15) is 28.7 Å². The monoisotopic (exact) mass is 302 g/mol. The average Bonchev–Trinajstić information content (AvgIpc) is 3.00. The fraction of sp³-hybridized carbons (Fsp3) is 0.333. The number of benzene rings is 2. The van der Waals surface area contributed by atoms with Gasteiger partial charge in [0.15, 0.2) is 0 Å². The molecule has 2 nitrogen and oxygen atoms in total. The van der Waals surface area contributed by atoms with Gasteiger partial charge in [0.1, 0.15) is 18.1 Å². The largest absolute Gasteiger partial charge is 0.497 e. The number of fused-ring (bicyclic) bond motifs is 1. The van der Waals surface area contributed by atoms with Gasteiger partial charge in [-0.15, -0.1) is 11.6 Å². The third-order valence-electron chi connectivity index (χ3n) is 3.98. The molecule has 0 N–H and O–H groups in total. The van der Waals surface area contributed by atoms with Gasteiger partial charge in [-0.1, -0.05) is 24.3 Å². The van der Waals surface area contributed by atoms with Crippen LogP contribution < -0.4 is 9.47 Å². The van der Waals surface area contributed by atoms with E-state index in [1.54, 1.807) is 7.11 Å². The number of alkyl halides is 1. The predicted molar refractivity (Wildman–Crippen MR) is 85.4 cm³/mol. The third kappa shape index (κ3) is 3.16. The minimum Gasteiger partial charge on any atom is -0.497 e. The Morgan fingerprint density at radius 1 is 1.05 bits per heavy atom. The summed E-state index contributed by atoms with van der Waals surface area (Å²) in [5.74, 6) is 2.02. The van der Waals surface area contributed by atoms with Crippen molar-refractivity contribution in [3.8, 4) is 11.5 Å². The Balaban J connectivity index is 1.75. The Kier molecular flexibility index (Phi) is 4.35. The first kappa shape index (κ1) is 14.3. The molecule has 110 valence electrons. The molecule has 0 bridgehead atoms. The molecule has 0 saturated carbocycles. The molecule has 3 rings (SSSR count). The van der Waals surface area contributed by atoms with Gasteiger partial charge >= 0.3 is 0 Å². The van der Waals surface area contributed by atoms with Crippen molar-refractivity contribution in [1.82, 2.24) is 0 Å². The second-order valence-corrected chi connectivity index (χ2v) is 5.62. The van der Waals surface area contributed by atoms with Crippen LogP contribution in [0.3, 0.4) is 0 Å². The van der Waals surface area contributed by atoms with Crippen LogP contribution in [0, 0.1) is 0 Å². The zero-order chi connectivity index (χ0) is 14.7. The summed E-state index contributed by atoms with van der Waals surface area (Å²) in [6.07, 6.45) is 3.67. The Bertz CT molecular complexity index is 637. The SMILES string of the molecule is COc1ccc(CCl)c(OCc2ccc3c(c2)CCC3)c1. The van der Waals surface area contributed by atoms with Gasteiger partial charge in [0.25, 0.3) is 0 Å². The van der Waals surface area contributed by atoms with Crippen molar-refractivity contribution in [2.24, 2.45) is 0 Å². The Morgan fingerprint density at radius 3 is 2.71 bits per heavy atom. The molecule has 0 fully saturated rings. The van der Waals surface area contributed by atoms with Crippen molar-refractivity contribution in [2.75, 3.05) is 7.11 Å². The first-order valence-electron chi connectivity index (χ1n) is 7.26. The molecule has 0 saturated heterocycles. The molecular weight excluding hydrogens is 284 g/mol. The molecule has 1 aliphatic carbocycles. The Morgan fingerprint density at radius 2 is 1.90 bits per heavy atom. The summed E-state index contributed by atoms with van der Waals surface area (Å²) in [5, 5.41) is 0. The topological polar surface area (TPSA) is 18.5 Å². The van der Waals surface area contributed by atoms with Crippen LogP contribution in [-0.4, -0.2) is 7.11 Å². The molecule has 1 aliphatic rings. The van der Waals surface area contributed by atoms with E-state index in [9.17, 15) is 0 Å².